The van der Waals surface area contributed by atoms with Gasteiger partial charge in [0.15, 0.2) is 0 Å². The van der Waals surface area contributed by atoms with Gasteiger partial charge in [0.1, 0.15) is 25.3 Å². The number of nitrogens with zero attached hydrogens (tertiary/aromatic N) is 7. The predicted molar refractivity (Wildman–Crippen MR) is 420 cm³/mol. The molecule has 0 spiro atoms. The Labute approximate surface area is 636 Å². The van der Waals surface area contributed by atoms with Gasteiger partial charge in [0.2, 0.25) is 11.8 Å². The molecule has 8 rings (SSSR count). The van der Waals surface area contributed by atoms with Crippen LogP contribution in [0.1, 0.15) is 140 Å². The van der Waals surface area contributed by atoms with Crippen LogP contribution in [-0.4, -0.2) is 148 Å². The summed E-state index contributed by atoms with van der Waals surface area (Å²) in [5.41, 5.74) is 15.2. The molecule has 0 radical (unpaired) electrons. The van der Waals surface area contributed by atoms with Gasteiger partial charge in [-0.05, 0) is 114 Å². The maximum absolute atomic E-state index is 14.0. The molecule has 4 heterocycles. The number of hydrogen-bond acceptors (Lipinski definition) is 18. The van der Waals surface area contributed by atoms with Crippen molar-refractivity contribution < 1.29 is 39.6 Å². The van der Waals surface area contributed by atoms with Crippen molar-refractivity contribution in [2.24, 2.45) is 5.73 Å². The van der Waals surface area contributed by atoms with Gasteiger partial charge in [-0.1, -0.05) is 156 Å². The predicted octanol–water partition coefficient (Wildman–Crippen LogP) is 13.1. The lowest BCUT2D eigenvalue weighted by atomic mass is 9.95. The maximum Gasteiger partial charge on any atom is 0.407 e. The Bertz CT molecular complexity index is 3680. The number of thiazole rings is 4. The highest BCUT2D eigenvalue weighted by Crippen LogP contribution is 2.23. The van der Waals surface area contributed by atoms with Crippen molar-refractivity contribution in [3.63, 3.8) is 0 Å². The van der Waals surface area contributed by atoms with Crippen LogP contribution in [0, 0.1) is 0 Å². The summed E-state index contributed by atoms with van der Waals surface area (Å²) >= 11 is 6.02. The first kappa shape index (κ1) is 83.0. The van der Waals surface area contributed by atoms with Crippen LogP contribution in [0.15, 0.2) is 156 Å². The van der Waals surface area contributed by atoms with Crippen LogP contribution in [0.2, 0.25) is 0 Å². The third kappa shape index (κ3) is 31.3. The molecular formula is C75H103IN14O8S4. The number of hydrogen-bond donors (Lipinski definition) is 7. The second-order valence-corrected chi connectivity index (χ2v) is 29.4. The standard InChI is InChI=1S/C38H51N7O4S2.C36H47N7O4S2.CH4.HI/c1-27(2)36-41-32(25-50-36)23-45(5)37(47)43-34(18-19-44(3)4)35(46)40-30(20-28-12-8-6-9-13-28)16-17-31(21-29-14-10-7-11-15-29)42-38(48)49-24-33-22-39-26-51-33;1-25(2)34-40-30(23-48-34)21-43(3)35(45)42-32(16-17-37)33(44)39-28(18-26-10-6-4-7-11-26)14-15-29(19-27-12-8-5-9-13-27)41-36(46)47-22-31-20-38-24-49-31;;/h6-15,22,25-27,30-31,34H,16-21,23-24H2,1-5H3,(H,40,46)(H,42,48)(H,43,47);4-13,20,23-25,28-29,32H,14-19,21-22,37H2,1-3H3,(H,39,44)(H,41,46)(H,42,45);1H4;1H/t30-,31-,34+;28-,29-,32+;;/m11../s1/i;;1D;. The highest BCUT2D eigenvalue weighted by Gasteiger charge is 2.29. The molecule has 0 aliphatic heterocycles. The number of amides is 8. The van der Waals surface area contributed by atoms with Gasteiger partial charge in [-0.3, -0.25) is 19.6 Å². The van der Waals surface area contributed by atoms with Gasteiger partial charge in [-0.15, -0.1) is 69.3 Å². The van der Waals surface area contributed by atoms with Gasteiger partial charge < -0.3 is 61.8 Å². The molecule has 552 valence electrons. The Hall–Kier alpha value is -7.93. The van der Waals surface area contributed by atoms with E-state index < -0.39 is 24.3 Å². The molecular weight excluding hydrogens is 1480 g/mol. The van der Waals surface area contributed by atoms with Crippen molar-refractivity contribution in [1.82, 2.24) is 66.5 Å². The Morgan fingerprint density at radius 2 is 0.814 bits per heavy atom. The average Bonchev–Trinajstić information content (AvgIpc) is 1.83. The summed E-state index contributed by atoms with van der Waals surface area (Å²) in [4.78, 5) is 104. The Morgan fingerprint density at radius 1 is 0.480 bits per heavy atom. The molecule has 8 aromatic rings. The highest BCUT2D eigenvalue weighted by molar-refractivity contribution is 14.0. The molecule has 0 saturated carbocycles. The van der Waals surface area contributed by atoms with Gasteiger partial charge in [-0.25, -0.2) is 29.1 Å². The van der Waals surface area contributed by atoms with Crippen LogP contribution in [-0.2, 0) is 71.0 Å². The fourth-order valence-corrected chi connectivity index (χ4v) is 13.4. The number of ether oxygens (including phenoxy) is 2. The van der Waals surface area contributed by atoms with Gasteiger partial charge in [0, 0.05) is 74.6 Å². The Balaban J connectivity index is 0.000000359. The number of urea groups is 2. The number of alkyl carbamates (subject to hydrolysis) is 2. The molecule has 6 atom stereocenters. The molecule has 4 aromatic carbocycles. The molecule has 0 aliphatic rings. The van der Waals surface area contributed by atoms with Crippen molar-refractivity contribution in [3.8, 4) is 0 Å². The largest absolute Gasteiger partial charge is 0.444 e. The second kappa shape index (κ2) is 45.9. The summed E-state index contributed by atoms with van der Waals surface area (Å²) in [6, 6.07) is 36.6. The maximum atomic E-state index is 14.0. The van der Waals surface area contributed by atoms with Crippen molar-refractivity contribution in [1.29, 1.82) is 0 Å². The van der Waals surface area contributed by atoms with E-state index in [1.54, 1.807) is 65.1 Å². The lowest BCUT2D eigenvalue weighted by molar-refractivity contribution is -0.124. The van der Waals surface area contributed by atoms with E-state index in [9.17, 15) is 28.8 Å². The van der Waals surface area contributed by atoms with E-state index in [0.29, 0.717) is 89.3 Å². The van der Waals surface area contributed by atoms with Crippen LogP contribution in [0.3, 0.4) is 0 Å². The van der Waals surface area contributed by atoms with Crippen molar-refractivity contribution in [3.05, 3.63) is 209 Å². The molecule has 8 amide bonds. The molecule has 22 nitrogen and oxygen atoms in total. The van der Waals surface area contributed by atoms with Crippen LogP contribution in [0.25, 0.3) is 0 Å². The number of nitrogens with two attached hydrogens (primary N) is 1. The second-order valence-electron chi connectivity index (χ2n) is 25.6. The van der Waals surface area contributed by atoms with Crippen molar-refractivity contribution >= 4 is 105 Å². The highest BCUT2D eigenvalue weighted by atomic mass is 127. The smallest absolute Gasteiger partial charge is 0.407 e. The molecule has 0 fully saturated rings. The van der Waals surface area contributed by atoms with Crippen LogP contribution < -0.4 is 37.6 Å². The molecule has 27 heteroatoms. The summed E-state index contributed by atoms with van der Waals surface area (Å²) in [6.07, 6.45) is 7.76. The number of carbonyl (C=O) groups excluding carboxylic acids is 6. The number of benzene rings is 4. The zero-order valence-electron chi connectivity index (χ0n) is 61.0. The van der Waals surface area contributed by atoms with Crippen molar-refractivity contribution in [2.75, 3.05) is 41.3 Å². The number of aromatic nitrogens is 4. The monoisotopic (exact) mass is 1580 g/mol. The number of halogens is 1. The average molecular weight is 1580 g/mol. The first-order chi connectivity index (χ1) is 49.2. The van der Waals surface area contributed by atoms with E-state index in [1.165, 1.54) is 35.0 Å². The molecule has 0 unspecified atom stereocenters. The third-order valence-corrected chi connectivity index (χ3v) is 20.1. The number of nitrogens with one attached hydrogen (secondary N) is 6. The van der Waals surface area contributed by atoms with Gasteiger partial charge in [-0.2, -0.15) is 0 Å². The summed E-state index contributed by atoms with van der Waals surface area (Å²) in [7, 11) is 8.53. The summed E-state index contributed by atoms with van der Waals surface area (Å²) in [6.45, 7) is 10.2. The minimum absolute atomic E-state index is 0. The van der Waals surface area contributed by atoms with Crippen LogP contribution in [0.5, 0.6) is 0 Å². The first-order valence-corrected chi connectivity index (χ1v) is 37.4. The molecule has 0 aliphatic carbocycles. The SMILES string of the molecule is CC(C)c1nc(CN(C)C(=O)N[C@@H](CCN(C)C)C(=O)N[C@H](CC[C@H](Cc2ccccc2)NC(=O)OCc2cncs2)Cc2ccccc2)cs1.CC(C)c1nc(CN(C)C(=O)N[C@@H](CCN)C(=O)N[C@H](CC[C@H](Cc2ccccc2)NC(=O)OCc2cncs2)Cc2ccccc2)cs1.I.[2H]C. The number of carbonyl (C=O) groups is 6. The van der Waals surface area contributed by atoms with Gasteiger partial charge in [0.25, 0.3) is 0 Å². The zero-order valence-corrected chi connectivity index (χ0v) is 65.6. The fourth-order valence-electron chi connectivity index (χ4n) is 10.8. The molecule has 0 bridgehead atoms. The zero-order chi connectivity index (χ0) is 73.6. The Kier molecular flexibility index (Phi) is 37.4. The van der Waals surface area contributed by atoms with Crippen LogP contribution in [0.4, 0.5) is 19.2 Å². The normalized spacial score (nSPS) is 12.8. The molecule has 0 saturated heterocycles. The van der Waals surface area contributed by atoms with Crippen LogP contribution >= 0.6 is 69.3 Å². The minimum Gasteiger partial charge on any atom is -0.444 e. The summed E-state index contributed by atoms with van der Waals surface area (Å²) in [5, 5.41) is 24.4. The van der Waals surface area contributed by atoms with E-state index in [-0.39, 0.29) is 98.2 Å². The first-order valence-electron chi connectivity index (χ1n) is 34.9. The third-order valence-electron chi connectivity index (χ3n) is 16.2. The summed E-state index contributed by atoms with van der Waals surface area (Å²) < 4.78 is 16.7. The lowest BCUT2D eigenvalue weighted by Gasteiger charge is -2.27. The van der Waals surface area contributed by atoms with Crippen molar-refractivity contribution in [2.45, 2.75) is 174 Å². The van der Waals surface area contributed by atoms with Gasteiger partial charge in [0.05, 0.1) is 55.3 Å². The quantitative estimate of drug-likeness (QED) is 0.0178. The van der Waals surface area contributed by atoms with Gasteiger partial charge >= 0.3 is 24.2 Å². The minimum atomic E-state index is -0.820. The fraction of sp³-hybridized carbons (Fsp3) is 0.440. The lowest BCUT2D eigenvalue weighted by Crippen LogP contribution is -2.53. The molecule has 4 aromatic heterocycles. The summed E-state index contributed by atoms with van der Waals surface area (Å²) in [5.74, 6) is 0.0807. The Morgan fingerprint density at radius 3 is 1.11 bits per heavy atom. The van der Waals surface area contributed by atoms with E-state index in [0.717, 1.165) is 53.4 Å². The molecule has 8 N–H and O–H groups in total. The van der Waals surface area contributed by atoms with E-state index in [1.807, 2.05) is 151 Å². The number of rotatable bonds is 37. The van der Waals surface area contributed by atoms with E-state index in [4.69, 9.17) is 16.6 Å². The van der Waals surface area contributed by atoms with E-state index in [2.05, 4.69) is 79.5 Å². The topological polar surface area (TPSA) is 280 Å². The van der Waals surface area contributed by atoms with E-state index >= 15 is 0 Å². The molecule has 102 heavy (non-hydrogen) atoms.